The van der Waals surface area contributed by atoms with Crippen molar-refractivity contribution in [1.29, 1.82) is 0 Å². The number of hydrogen-bond donors (Lipinski definition) is 0. The molecule has 0 spiro atoms. The van der Waals surface area contributed by atoms with Crippen LogP contribution in [0.15, 0.2) is 74.0 Å². The fraction of sp³-hybridized carbons (Fsp3) is 0.571. The van der Waals surface area contributed by atoms with E-state index in [2.05, 4.69) is 13.2 Å². The molecule has 0 saturated heterocycles. The number of fused-ring (bicyclic) bond motifs is 3. The molecule has 1 heterocycles. The summed E-state index contributed by atoms with van der Waals surface area (Å²) in [6.07, 6.45) is 12.1. The van der Waals surface area contributed by atoms with Crippen LogP contribution in [0.4, 0.5) is 0 Å². The monoisotopic (exact) mass is 736 g/mol. The molecule has 52 heavy (non-hydrogen) atoms. The van der Waals surface area contributed by atoms with Crippen molar-refractivity contribution in [3.63, 3.8) is 0 Å². The van der Waals surface area contributed by atoms with Gasteiger partial charge in [0.25, 0.3) is 7.37 Å². The van der Waals surface area contributed by atoms with Crippen molar-refractivity contribution in [3.05, 3.63) is 74.0 Å². The average Bonchev–Trinajstić information content (AvgIpc) is 3.15. The molecule has 10 heteroatoms. The standard InChI is InChI=1S/C42H57O9P/c1-5-7-12-32-17-19-34(20-18-32)28-48-31(4)50-42(44)36(25-41(43)49-30(3)47-27-35-23-21-33(22-24-35)26-46-6-2)29-52(45)40-16-11-9-14-38(40)37-13-8-10-15-39(37)51-52/h5-6,8-11,13-16,30-36H,1-2,7,12,17-29H2,3-4H3. The van der Waals surface area contributed by atoms with E-state index in [9.17, 15) is 14.2 Å². The van der Waals surface area contributed by atoms with Gasteiger partial charge in [0.05, 0.1) is 49.9 Å². The Morgan fingerprint density at radius 1 is 0.788 bits per heavy atom. The van der Waals surface area contributed by atoms with Gasteiger partial charge in [0.15, 0.2) is 12.6 Å². The van der Waals surface area contributed by atoms with Crippen molar-refractivity contribution in [2.24, 2.45) is 29.6 Å². The fourth-order valence-corrected chi connectivity index (χ4v) is 10.3. The topological polar surface area (TPSA) is 107 Å². The van der Waals surface area contributed by atoms with Crippen LogP contribution < -0.4 is 9.83 Å². The molecular formula is C42H57O9P. The predicted octanol–water partition coefficient (Wildman–Crippen LogP) is 9.21. The molecule has 2 saturated carbocycles. The van der Waals surface area contributed by atoms with Crippen LogP contribution in [0.2, 0.25) is 0 Å². The Balaban J connectivity index is 1.20. The van der Waals surface area contributed by atoms with E-state index in [0.717, 1.165) is 74.8 Å². The van der Waals surface area contributed by atoms with Gasteiger partial charge in [-0.2, -0.15) is 0 Å². The summed E-state index contributed by atoms with van der Waals surface area (Å²) in [5.74, 6) is 0.0531. The lowest BCUT2D eigenvalue weighted by Gasteiger charge is -2.31. The van der Waals surface area contributed by atoms with E-state index in [1.165, 1.54) is 12.7 Å². The summed E-state index contributed by atoms with van der Waals surface area (Å²) < 4.78 is 49.7. The van der Waals surface area contributed by atoms with Gasteiger partial charge in [0.2, 0.25) is 0 Å². The van der Waals surface area contributed by atoms with Crippen LogP contribution in [-0.2, 0) is 37.8 Å². The molecule has 0 bridgehead atoms. The zero-order valence-electron chi connectivity index (χ0n) is 31.0. The van der Waals surface area contributed by atoms with Gasteiger partial charge in [0.1, 0.15) is 5.75 Å². The van der Waals surface area contributed by atoms with Gasteiger partial charge in [-0.25, -0.2) is 0 Å². The SMILES string of the molecule is C=CCCC1CCC(COC(C)OC(=O)C(CC(=O)OC(C)OCC2CCC(COC=C)CC2)CP2(=O)Oc3ccccc3-c3ccccc32)CC1. The van der Waals surface area contributed by atoms with Crippen LogP contribution in [0, 0.1) is 29.6 Å². The Bertz CT molecular complexity index is 1520. The van der Waals surface area contributed by atoms with Crippen LogP contribution in [0.5, 0.6) is 5.75 Å². The Kier molecular flexibility index (Phi) is 15.0. The molecule has 2 fully saturated rings. The minimum Gasteiger partial charge on any atom is -0.502 e. The van der Waals surface area contributed by atoms with Gasteiger partial charge in [-0.3, -0.25) is 14.2 Å². The lowest BCUT2D eigenvalue weighted by atomic mass is 9.80. The highest BCUT2D eigenvalue weighted by Crippen LogP contribution is 2.55. The molecule has 0 amide bonds. The van der Waals surface area contributed by atoms with Gasteiger partial charge in [-0.1, -0.05) is 61.9 Å². The van der Waals surface area contributed by atoms with E-state index in [1.54, 1.807) is 32.0 Å². The summed E-state index contributed by atoms with van der Waals surface area (Å²) in [6.45, 7) is 12.5. The molecule has 0 N–H and O–H groups in total. The minimum atomic E-state index is -3.68. The lowest BCUT2D eigenvalue weighted by molar-refractivity contribution is -0.188. The summed E-state index contributed by atoms with van der Waals surface area (Å²) in [6, 6.07) is 14.7. The number of rotatable bonds is 19. The van der Waals surface area contributed by atoms with Crippen LogP contribution in [-0.4, -0.2) is 50.5 Å². The van der Waals surface area contributed by atoms with E-state index in [-0.39, 0.29) is 12.6 Å². The summed E-state index contributed by atoms with van der Waals surface area (Å²) >= 11 is 0. The first-order valence-corrected chi connectivity index (χ1v) is 20.9. The molecular weight excluding hydrogens is 679 g/mol. The van der Waals surface area contributed by atoms with Gasteiger partial charge in [-0.15, -0.1) is 6.58 Å². The van der Waals surface area contributed by atoms with E-state index in [4.69, 9.17) is 28.2 Å². The van der Waals surface area contributed by atoms with E-state index < -0.39 is 37.8 Å². The normalized spacial score (nSPS) is 25.6. The zero-order valence-corrected chi connectivity index (χ0v) is 31.9. The highest BCUT2D eigenvalue weighted by Gasteiger charge is 2.42. The quantitative estimate of drug-likeness (QED) is 0.0459. The number of carbonyl (C=O) groups is 2. The maximum absolute atomic E-state index is 14.7. The largest absolute Gasteiger partial charge is 0.502 e. The van der Waals surface area contributed by atoms with E-state index >= 15 is 0 Å². The molecule has 2 aromatic carbocycles. The number of ether oxygens (including phenoxy) is 5. The van der Waals surface area contributed by atoms with E-state index in [1.807, 2.05) is 36.4 Å². The lowest BCUT2D eigenvalue weighted by Crippen LogP contribution is -2.33. The summed E-state index contributed by atoms with van der Waals surface area (Å²) in [4.78, 5) is 27.2. The molecule has 284 valence electrons. The Morgan fingerprint density at radius 2 is 1.35 bits per heavy atom. The molecule has 4 atom stereocenters. The molecule has 3 aliphatic rings. The first-order valence-electron chi connectivity index (χ1n) is 19.1. The number of allylic oxidation sites excluding steroid dienone is 1. The van der Waals surface area contributed by atoms with Gasteiger partial charge >= 0.3 is 11.9 Å². The zero-order chi connectivity index (χ0) is 36.9. The Morgan fingerprint density at radius 3 is 1.98 bits per heavy atom. The first-order chi connectivity index (χ1) is 25.2. The Labute approximate surface area is 309 Å². The number of carbonyl (C=O) groups excluding carboxylic acids is 2. The average molecular weight is 737 g/mol. The molecule has 2 aliphatic carbocycles. The van der Waals surface area contributed by atoms with Gasteiger partial charge in [0, 0.05) is 5.56 Å². The summed E-state index contributed by atoms with van der Waals surface area (Å²) in [5, 5.41) is 0.510. The second-order valence-electron chi connectivity index (χ2n) is 14.7. The van der Waals surface area contributed by atoms with Crippen molar-refractivity contribution >= 4 is 24.6 Å². The second-order valence-corrected chi connectivity index (χ2v) is 17.1. The smallest absolute Gasteiger partial charge is 0.312 e. The summed E-state index contributed by atoms with van der Waals surface area (Å²) in [5.41, 5.74) is 1.60. The Hall–Kier alpha value is -3.39. The highest BCUT2D eigenvalue weighted by atomic mass is 31.2. The molecule has 1 aliphatic heterocycles. The van der Waals surface area contributed by atoms with Crippen LogP contribution in [0.3, 0.4) is 0 Å². The van der Waals surface area contributed by atoms with Crippen molar-refractivity contribution in [1.82, 2.24) is 0 Å². The van der Waals surface area contributed by atoms with Crippen molar-refractivity contribution < 1.29 is 42.4 Å². The third kappa shape index (κ3) is 11.3. The van der Waals surface area contributed by atoms with E-state index in [0.29, 0.717) is 48.6 Å². The first kappa shape index (κ1) is 39.8. The van der Waals surface area contributed by atoms with Crippen molar-refractivity contribution in [3.8, 4) is 16.9 Å². The highest BCUT2D eigenvalue weighted by molar-refractivity contribution is 7.67. The molecule has 0 aromatic heterocycles. The summed E-state index contributed by atoms with van der Waals surface area (Å²) in [7, 11) is -3.68. The third-order valence-corrected chi connectivity index (χ3v) is 13.3. The van der Waals surface area contributed by atoms with Crippen LogP contribution in [0.25, 0.3) is 11.1 Å². The van der Waals surface area contributed by atoms with Gasteiger partial charge < -0.3 is 28.2 Å². The van der Waals surface area contributed by atoms with Crippen LogP contribution >= 0.6 is 7.37 Å². The predicted molar refractivity (Wildman–Crippen MR) is 202 cm³/mol. The fourth-order valence-electron chi connectivity index (χ4n) is 7.74. The molecule has 0 radical (unpaired) electrons. The van der Waals surface area contributed by atoms with Crippen molar-refractivity contribution in [2.45, 2.75) is 97.1 Å². The number of esters is 2. The molecule has 9 nitrogen and oxygen atoms in total. The number of hydrogen-bond acceptors (Lipinski definition) is 9. The van der Waals surface area contributed by atoms with Gasteiger partial charge in [-0.05, 0) is 107 Å². The number of benzene rings is 2. The minimum absolute atomic E-state index is 0.234. The molecule has 2 aromatic rings. The maximum atomic E-state index is 14.7. The molecule has 5 rings (SSSR count). The number of para-hydroxylation sites is 1. The second kappa shape index (κ2) is 19.6. The third-order valence-electron chi connectivity index (χ3n) is 10.8. The van der Waals surface area contributed by atoms with Crippen LogP contribution in [0.1, 0.15) is 84.5 Å². The molecule has 4 unspecified atom stereocenters. The van der Waals surface area contributed by atoms with Crippen molar-refractivity contribution in [2.75, 3.05) is 26.0 Å². The maximum Gasteiger partial charge on any atom is 0.312 e.